The van der Waals surface area contributed by atoms with Crippen molar-refractivity contribution in [3.8, 4) is 0 Å². The number of primary amides is 1. The molecule has 0 bridgehead atoms. The Morgan fingerprint density at radius 1 is 1.80 bits per heavy atom. The summed E-state index contributed by atoms with van der Waals surface area (Å²) in [5, 5.41) is 0. The number of hydrogen-bond donors (Lipinski definition) is 1. The molecule has 0 spiro atoms. The van der Waals surface area contributed by atoms with Crippen LogP contribution in [-0.4, -0.2) is 30.6 Å². The van der Waals surface area contributed by atoms with Crippen molar-refractivity contribution in [3.05, 3.63) is 0 Å². The Labute approximate surface area is 65.3 Å². The van der Waals surface area contributed by atoms with Gasteiger partial charge in [-0.15, -0.1) is 0 Å². The monoisotopic (exact) mass is 163 g/mol. The maximum absolute atomic E-state index is 10.4. The number of amides is 1. The first kappa shape index (κ1) is 9.78. The minimum atomic E-state index is -0.452. The topological polar surface area (TPSA) is 52.3 Å². The molecule has 0 aliphatic rings. The van der Waals surface area contributed by atoms with Crippen LogP contribution in [0.25, 0.3) is 0 Å². The van der Waals surface area contributed by atoms with Crippen LogP contribution in [0.2, 0.25) is 0 Å². The fourth-order valence-corrected chi connectivity index (χ4v) is 0.653. The lowest BCUT2D eigenvalue weighted by atomic mass is 10.4. The van der Waals surface area contributed by atoms with E-state index in [1.54, 1.807) is 18.7 Å². The molecule has 0 radical (unpaired) electrons. The van der Waals surface area contributed by atoms with E-state index in [-0.39, 0.29) is 0 Å². The molecule has 2 N–H and O–H groups in total. The van der Waals surface area contributed by atoms with E-state index in [0.29, 0.717) is 6.61 Å². The number of ether oxygens (including phenoxy) is 1. The Bertz CT molecular complexity index is 108. The van der Waals surface area contributed by atoms with E-state index < -0.39 is 12.0 Å². The zero-order chi connectivity index (χ0) is 7.98. The lowest BCUT2D eigenvalue weighted by molar-refractivity contribution is -0.127. The predicted octanol–water partition coefficient (Wildman–Crippen LogP) is 0.240. The van der Waals surface area contributed by atoms with Crippen molar-refractivity contribution in [3.63, 3.8) is 0 Å². The van der Waals surface area contributed by atoms with Crippen molar-refractivity contribution in [2.45, 2.75) is 13.0 Å². The number of thioether (sulfide) groups is 1. The van der Waals surface area contributed by atoms with Crippen LogP contribution in [0.4, 0.5) is 0 Å². The van der Waals surface area contributed by atoms with Crippen LogP contribution in [0.15, 0.2) is 0 Å². The van der Waals surface area contributed by atoms with Crippen LogP contribution in [-0.2, 0) is 9.53 Å². The third kappa shape index (κ3) is 4.64. The fraction of sp³-hybridized carbons (Fsp3) is 0.833. The number of rotatable bonds is 5. The zero-order valence-electron chi connectivity index (χ0n) is 6.29. The molecule has 0 aromatic heterocycles. The molecule has 4 heteroatoms. The molecule has 0 saturated carbocycles. The van der Waals surface area contributed by atoms with Crippen molar-refractivity contribution < 1.29 is 9.53 Å². The quantitative estimate of drug-likeness (QED) is 0.591. The van der Waals surface area contributed by atoms with Crippen molar-refractivity contribution in [2.75, 3.05) is 18.6 Å². The molecular formula is C6H13NO2S. The van der Waals surface area contributed by atoms with Crippen LogP contribution in [0.1, 0.15) is 6.92 Å². The summed E-state index contributed by atoms with van der Waals surface area (Å²) in [4.78, 5) is 10.4. The highest BCUT2D eigenvalue weighted by Crippen LogP contribution is 1.94. The molecular weight excluding hydrogens is 150 g/mol. The summed E-state index contributed by atoms with van der Waals surface area (Å²) in [7, 11) is 0. The molecule has 0 heterocycles. The van der Waals surface area contributed by atoms with Crippen molar-refractivity contribution >= 4 is 17.7 Å². The highest BCUT2D eigenvalue weighted by Gasteiger charge is 2.06. The van der Waals surface area contributed by atoms with Gasteiger partial charge in [0, 0.05) is 5.75 Å². The van der Waals surface area contributed by atoms with E-state index in [9.17, 15) is 4.79 Å². The van der Waals surface area contributed by atoms with Crippen molar-refractivity contribution in [1.82, 2.24) is 0 Å². The Morgan fingerprint density at radius 3 is 2.80 bits per heavy atom. The van der Waals surface area contributed by atoms with Gasteiger partial charge in [0.1, 0.15) is 6.10 Å². The second-order valence-corrected chi connectivity index (χ2v) is 2.89. The number of carbonyl (C=O) groups is 1. The second-order valence-electron chi connectivity index (χ2n) is 1.91. The van der Waals surface area contributed by atoms with Gasteiger partial charge in [-0.3, -0.25) is 4.79 Å². The molecule has 0 aliphatic carbocycles. The first-order valence-corrected chi connectivity index (χ1v) is 4.47. The molecule has 3 nitrogen and oxygen atoms in total. The summed E-state index contributed by atoms with van der Waals surface area (Å²) < 4.78 is 5.05. The highest BCUT2D eigenvalue weighted by molar-refractivity contribution is 7.98. The zero-order valence-corrected chi connectivity index (χ0v) is 7.11. The average molecular weight is 163 g/mol. The molecule has 0 rings (SSSR count). The molecule has 0 aromatic carbocycles. The first-order chi connectivity index (χ1) is 4.68. The van der Waals surface area contributed by atoms with Gasteiger partial charge in [-0.2, -0.15) is 11.8 Å². The molecule has 1 atom stereocenters. The van der Waals surface area contributed by atoms with Crippen molar-refractivity contribution in [1.29, 1.82) is 0 Å². The smallest absolute Gasteiger partial charge is 0.246 e. The van der Waals surface area contributed by atoms with Gasteiger partial charge in [-0.1, -0.05) is 0 Å². The average Bonchev–Trinajstić information content (AvgIpc) is 1.88. The maximum atomic E-state index is 10.4. The normalized spacial score (nSPS) is 13.0. The van der Waals surface area contributed by atoms with E-state index >= 15 is 0 Å². The summed E-state index contributed by atoms with van der Waals surface area (Å²) >= 11 is 1.68. The lowest BCUT2D eigenvalue weighted by Gasteiger charge is -2.07. The number of carbonyl (C=O) groups excluding carboxylic acids is 1. The van der Waals surface area contributed by atoms with E-state index in [4.69, 9.17) is 10.5 Å². The van der Waals surface area contributed by atoms with Crippen molar-refractivity contribution in [2.24, 2.45) is 5.73 Å². The van der Waals surface area contributed by atoms with E-state index in [1.807, 2.05) is 6.26 Å². The van der Waals surface area contributed by atoms with Crippen LogP contribution in [0.3, 0.4) is 0 Å². The molecule has 60 valence electrons. The van der Waals surface area contributed by atoms with Gasteiger partial charge in [-0.25, -0.2) is 0 Å². The van der Waals surface area contributed by atoms with Gasteiger partial charge in [0.15, 0.2) is 0 Å². The molecule has 1 unspecified atom stereocenters. The minimum absolute atomic E-state index is 0.402. The largest absolute Gasteiger partial charge is 0.368 e. The maximum Gasteiger partial charge on any atom is 0.246 e. The highest BCUT2D eigenvalue weighted by atomic mass is 32.2. The Balaban J connectivity index is 3.21. The summed E-state index contributed by atoms with van der Waals surface area (Å²) in [6.07, 6.45) is 1.53. The Morgan fingerprint density at radius 2 is 2.40 bits per heavy atom. The van der Waals surface area contributed by atoms with Gasteiger partial charge < -0.3 is 10.5 Å². The van der Waals surface area contributed by atoms with Gasteiger partial charge in [0.25, 0.3) is 0 Å². The molecule has 1 amide bonds. The van der Waals surface area contributed by atoms with Gasteiger partial charge in [-0.05, 0) is 13.2 Å². The van der Waals surface area contributed by atoms with Gasteiger partial charge in [0.2, 0.25) is 5.91 Å². The van der Waals surface area contributed by atoms with E-state index in [1.165, 1.54) is 0 Å². The third-order valence-electron chi connectivity index (χ3n) is 1.06. The van der Waals surface area contributed by atoms with E-state index in [2.05, 4.69) is 0 Å². The van der Waals surface area contributed by atoms with Crippen LogP contribution in [0.5, 0.6) is 0 Å². The molecule has 0 fully saturated rings. The molecule has 10 heavy (non-hydrogen) atoms. The van der Waals surface area contributed by atoms with E-state index in [0.717, 1.165) is 5.75 Å². The Kier molecular flexibility index (Phi) is 5.43. The Hall–Kier alpha value is -0.220. The summed E-state index contributed by atoms with van der Waals surface area (Å²) in [6, 6.07) is 0. The number of hydrogen-bond acceptors (Lipinski definition) is 3. The van der Waals surface area contributed by atoms with Crippen LogP contribution < -0.4 is 5.73 Å². The van der Waals surface area contributed by atoms with Crippen LogP contribution >= 0.6 is 11.8 Å². The number of nitrogens with two attached hydrogens (primary N) is 1. The summed E-state index contributed by atoms with van der Waals surface area (Å²) in [6.45, 7) is 2.24. The summed E-state index contributed by atoms with van der Waals surface area (Å²) in [5.74, 6) is 0.499. The summed E-state index contributed by atoms with van der Waals surface area (Å²) in [5.41, 5.74) is 4.95. The predicted molar refractivity (Wildman–Crippen MR) is 43.0 cm³/mol. The SMILES string of the molecule is CSCCOC(C)C(N)=O. The molecule has 0 aromatic rings. The molecule has 0 aliphatic heterocycles. The fourth-order valence-electron chi connectivity index (χ4n) is 0.390. The molecule has 0 saturated heterocycles. The second kappa shape index (κ2) is 5.56. The minimum Gasteiger partial charge on any atom is -0.368 e. The first-order valence-electron chi connectivity index (χ1n) is 3.08. The third-order valence-corrected chi connectivity index (χ3v) is 1.63. The van der Waals surface area contributed by atoms with Gasteiger partial charge in [0.05, 0.1) is 6.61 Å². The standard InChI is InChI=1S/C6H13NO2S/c1-5(6(7)8)9-3-4-10-2/h5H,3-4H2,1-2H3,(H2,7,8). The van der Waals surface area contributed by atoms with Crippen LogP contribution in [0, 0.1) is 0 Å². The van der Waals surface area contributed by atoms with Gasteiger partial charge >= 0.3 is 0 Å². The lowest BCUT2D eigenvalue weighted by Crippen LogP contribution is -2.28.